The minimum atomic E-state index is -3.70. The van der Waals surface area contributed by atoms with E-state index < -0.39 is 15.8 Å². The fourth-order valence-corrected chi connectivity index (χ4v) is 6.10. The predicted octanol–water partition coefficient (Wildman–Crippen LogP) is 2.52. The Labute approximate surface area is 177 Å². The monoisotopic (exact) mass is 433 g/mol. The third-order valence-corrected chi connectivity index (χ3v) is 8.03. The zero-order valence-corrected chi connectivity index (χ0v) is 18.5. The zero-order valence-electron chi connectivity index (χ0n) is 17.7. The van der Waals surface area contributed by atoms with Crippen LogP contribution < -0.4 is 5.32 Å². The molecule has 1 atom stereocenters. The number of sulfonamides is 1. The van der Waals surface area contributed by atoms with E-state index in [0.29, 0.717) is 24.5 Å². The Bertz CT molecular complexity index is 1040. The van der Waals surface area contributed by atoms with Crippen molar-refractivity contribution in [1.29, 1.82) is 0 Å². The maximum atomic E-state index is 13.5. The number of nitrogens with zero attached hydrogens (tertiary/aromatic N) is 4. The minimum absolute atomic E-state index is 0.0636. The van der Waals surface area contributed by atoms with Gasteiger partial charge in [0.15, 0.2) is 0 Å². The number of hydrogen-bond acceptors (Lipinski definition) is 6. The van der Waals surface area contributed by atoms with E-state index in [1.54, 1.807) is 6.92 Å². The van der Waals surface area contributed by atoms with Gasteiger partial charge in [0.05, 0.1) is 10.6 Å². The molecule has 0 amide bonds. The Kier molecular flexibility index (Phi) is 5.78. The van der Waals surface area contributed by atoms with Crippen LogP contribution in [0, 0.1) is 12.7 Å². The molecule has 3 heterocycles. The highest BCUT2D eigenvalue weighted by atomic mass is 32.2. The highest BCUT2D eigenvalue weighted by molar-refractivity contribution is 7.89. The van der Waals surface area contributed by atoms with E-state index >= 15 is 0 Å². The van der Waals surface area contributed by atoms with E-state index in [4.69, 9.17) is 9.97 Å². The predicted molar refractivity (Wildman–Crippen MR) is 113 cm³/mol. The van der Waals surface area contributed by atoms with Gasteiger partial charge in [-0.05, 0) is 50.6 Å². The van der Waals surface area contributed by atoms with Gasteiger partial charge in [0.2, 0.25) is 10.0 Å². The number of likely N-dealkylation sites (N-methyl/N-ethyl adjacent to an activating group) is 1. The molecule has 0 saturated carbocycles. The van der Waals surface area contributed by atoms with Crippen LogP contribution in [0.4, 0.5) is 10.2 Å². The number of benzene rings is 1. The van der Waals surface area contributed by atoms with Gasteiger partial charge in [-0.25, -0.2) is 22.8 Å². The van der Waals surface area contributed by atoms with Gasteiger partial charge in [-0.3, -0.25) is 0 Å². The first kappa shape index (κ1) is 21.1. The molecule has 0 spiro atoms. The van der Waals surface area contributed by atoms with Gasteiger partial charge >= 0.3 is 0 Å². The topological polar surface area (TPSA) is 78.4 Å². The molecule has 2 aromatic rings. The normalized spacial score (nSPS) is 20.7. The fourth-order valence-electron chi connectivity index (χ4n) is 4.37. The molecule has 1 aromatic carbocycles. The van der Waals surface area contributed by atoms with Crippen LogP contribution in [0.3, 0.4) is 0 Å². The maximum absolute atomic E-state index is 13.5. The third-order valence-electron chi connectivity index (χ3n) is 6.01. The summed E-state index contributed by atoms with van der Waals surface area (Å²) in [5.41, 5.74) is 2.60. The van der Waals surface area contributed by atoms with E-state index in [1.807, 2.05) is 7.05 Å². The molecule has 30 heavy (non-hydrogen) atoms. The molecule has 1 saturated heterocycles. The highest BCUT2D eigenvalue weighted by Gasteiger charge is 2.34. The number of aryl methyl sites for hydroxylation is 1. The summed E-state index contributed by atoms with van der Waals surface area (Å²) in [7, 11) is 0.236. The van der Waals surface area contributed by atoms with E-state index in [-0.39, 0.29) is 10.8 Å². The SMILES string of the molecule is CNc1nc(C2CCCN(S(=O)(=O)c3ccc(F)cc3C)C2)nc2c1CN(C)CC2. The van der Waals surface area contributed by atoms with Gasteiger partial charge in [0.1, 0.15) is 17.5 Å². The Balaban J connectivity index is 1.63. The molecule has 0 aliphatic carbocycles. The molecule has 1 unspecified atom stereocenters. The first-order chi connectivity index (χ1) is 14.3. The van der Waals surface area contributed by atoms with Gasteiger partial charge in [0, 0.05) is 51.1 Å². The number of hydrogen-bond donors (Lipinski definition) is 1. The van der Waals surface area contributed by atoms with Crippen LogP contribution >= 0.6 is 0 Å². The lowest BCUT2D eigenvalue weighted by molar-refractivity contribution is 0.300. The smallest absolute Gasteiger partial charge is 0.243 e. The number of aromatic nitrogens is 2. The number of nitrogens with one attached hydrogen (secondary N) is 1. The first-order valence-corrected chi connectivity index (χ1v) is 11.8. The largest absolute Gasteiger partial charge is 0.373 e. The minimum Gasteiger partial charge on any atom is -0.373 e. The van der Waals surface area contributed by atoms with Crippen molar-refractivity contribution in [2.24, 2.45) is 0 Å². The molecule has 1 fully saturated rings. The molecule has 2 aliphatic heterocycles. The van der Waals surface area contributed by atoms with Crippen molar-refractivity contribution in [2.45, 2.75) is 43.5 Å². The molecular weight excluding hydrogens is 405 g/mol. The van der Waals surface area contributed by atoms with E-state index in [9.17, 15) is 12.8 Å². The van der Waals surface area contributed by atoms with Crippen LogP contribution in [0.5, 0.6) is 0 Å². The second-order valence-corrected chi connectivity index (χ2v) is 10.1. The van der Waals surface area contributed by atoms with Crippen molar-refractivity contribution >= 4 is 15.8 Å². The summed E-state index contributed by atoms with van der Waals surface area (Å²) >= 11 is 0. The molecule has 162 valence electrons. The molecule has 0 bridgehead atoms. The summed E-state index contributed by atoms with van der Waals surface area (Å²) in [5.74, 6) is 1.04. The molecule has 7 nitrogen and oxygen atoms in total. The van der Waals surface area contributed by atoms with Gasteiger partial charge in [-0.2, -0.15) is 4.31 Å². The first-order valence-electron chi connectivity index (χ1n) is 10.3. The lowest BCUT2D eigenvalue weighted by atomic mass is 9.97. The van der Waals surface area contributed by atoms with Crippen LogP contribution in [0.2, 0.25) is 0 Å². The summed E-state index contributed by atoms with van der Waals surface area (Å²) in [4.78, 5) is 12.0. The number of piperidine rings is 1. The molecule has 1 aromatic heterocycles. The summed E-state index contributed by atoms with van der Waals surface area (Å²) in [6.45, 7) is 4.16. The second kappa shape index (κ2) is 8.20. The van der Waals surface area contributed by atoms with Crippen LogP contribution in [-0.2, 0) is 23.0 Å². The van der Waals surface area contributed by atoms with Crippen molar-refractivity contribution in [1.82, 2.24) is 19.2 Å². The summed E-state index contributed by atoms with van der Waals surface area (Å²) < 4.78 is 41.4. The molecule has 0 radical (unpaired) electrons. The Morgan fingerprint density at radius 1 is 1.23 bits per heavy atom. The molecule has 1 N–H and O–H groups in total. The maximum Gasteiger partial charge on any atom is 0.243 e. The van der Waals surface area contributed by atoms with E-state index in [1.165, 1.54) is 22.5 Å². The van der Waals surface area contributed by atoms with Crippen LogP contribution in [0.1, 0.15) is 41.4 Å². The van der Waals surface area contributed by atoms with Crippen LogP contribution in [0.15, 0.2) is 23.1 Å². The van der Waals surface area contributed by atoms with Gasteiger partial charge < -0.3 is 10.2 Å². The van der Waals surface area contributed by atoms with Crippen LogP contribution in [0.25, 0.3) is 0 Å². The highest BCUT2D eigenvalue weighted by Crippen LogP contribution is 2.32. The van der Waals surface area contributed by atoms with Crippen LogP contribution in [-0.4, -0.2) is 61.3 Å². The summed E-state index contributed by atoms with van der Waals surface area (Å²) in [6.07, 6.45) is 2.44. The molecular formula is C21H28FN5O2S. The quantitative estimate of drug-likeness (QED) is 0.798. The lowest BCUT2D eigenvalue weighted by Gasteiger charge is -2.33. The van der Waals surface area contributed by atoms with Crippen molar-refractivity contribution in [3.05, 3.63) is 46.7 Å². The molecule has 4 rings (SSSR count). The van der Waals surface area contributed by atoms with Gasteiger partial charge in [-0.15, -0.1) is 0 Å². The number of rotatable bonds is 4. The van der Waals surface area contributed by atoms with Gasteiger partial charge in [-0.1, -0.05) is 0 Å². The number of anilines is 1. The Hall–Kier alpha value is -2.10. The average Bonchev–Trinajstić information content (AvgIpc) is 2.72. The number of fused-ring (bicyclic) bond motifs is 1. The third kappa shape index (κ3) is 3.93. The fraction of sp³-hybridized carbons (Fsp3) is 0.524. The Morgan fingerprint density at radius 2 is 2.03 bits per heavy atom. The number of halogens is 1. The van der Waals surface area contributed by atoms with Crippen molar-refractivity contribution in [3.8, 4) is 0 Å². The standard InChI is InChI=1S/C21H28FN5O2S/c1-14-11-16(22)6-7-19(14)30(28,29)27-9-4-5-15(12-27)20-24-18-8-10-26(3)13-17(18)21(23-2)25-20/h6-7,11,15H,4-5,8-10,12-13H2,1-3H3,(H,23,24,25). The van der Waals surface area contributed by atoms with E-state index in [2.05, 4.69) is 17.3 Å². The van der Waals surface area contributed by atoms with Crippen molar-refractivity contribution in [3.63, 3.8) is 0 Å². The second-order valence-electron chi connectivity index (χ2n) is 8.21. The molecule has 9 heteroatoms. The zero-order chi connectivity index (χ0) is 21.5. The Morgan fingerprint density at radius 3 is 2.77 bits per heavy atom. The van der Waals surface area contributed by atoms with Crippen molar-refractivity contribution < 1.29 is 12.8 Å². The van der Waals surface area contributed by atoms with Gasteiger partial charge in [0.25, 0.3) is 0 Å². The average molecular weight is 434 g/mol. The summed E-state index contributed by atoms with van der Waals surface area (Å²) in [5, 5.41) is 3.19. The molecule has 2 aliphatic rings. The summed E-state index contributed by atoms with van der Waals surface area (Å²) in [6, 6.07) is 3.82. The van der Waals surface area contributed by atoms with Crippen molar-refractivity contribution in [2.75, 3.05) is 39.0 Å². The lowest BCUT2D eigenvalue weighted by Crippen LogP contribution is -2.40. The van der Waals surface area contributed by atoms with E-state index in [0.717, 1.165) is 49.4 Å².